The Kier molecular flexibility index (Phi) is 4.02. The Labute approximate surface area is 103 Å². The van der Waals surface area contributed by atoms with Crippen molar-refractivity contribution in [3.8, 4) is 0 Å². The summed E-state index contributed by atoms with van der Waals surface area (Å²) in [7, 11) is 0. The molecule has 0 amide bonds. The van der Waals surface area contributed by atoms with Crippen molar-refractivity contribution in [3.63, 3.8) is 0 Å². The predicted molar refractivity (Wildman–Crippen MR) is 72.0 cm³/mol. The van der Waals surface area contributed by atoms with Crippen LogP contribution in [0.5, 0.6) is 0 Å². The highest BCUT2D eigenvalue weighted by atomic mass is 15.3. The summed E-state index contributed by atoms with van der Waals surface area (Å²) in [4.78, 5) is 6.63. The maximum atomic E-state index is 5.94. The molecule has 2 N–H and O–H groups in total. The van der Waals surface area contributed by atoms with Crippen LogP contribution in [-0.4, -0.2) is 30.0 Å². The first kappa shape index (κ1) is 12.0. The van der Waals surface area contributed by atoms with Crippen LogP contribution in [0.3, 0.4) is 0 Å². The van der Waals surface area contributed by atoms with Crippen LogP contribution in [0.4, 0.5) is 0 Å². The lowest BCUT2D eigenvalue weighted by molar-refractivity contribution is 0.332. The first-order valence-corrected chi connectivity index (χ1v) is 6.41. The van der Waals surface area contributed by atoms with Crippen molar-refractivity contribution in [3.05, 3.63) is 35.9 Å². The van der Waals surface area contributed by atoms with E-state index in [0.717, 1.165) is 25.5 Å². The zero-order valence-electron chi connectivity index (χ0n) is 10.5. The van der Waals surface area contributed by atoms with E-state index in [1.807, 2.05) is 0 Å². The molecule has 1 aliphatic heterocycles. The second-order valence-corrected chi connectivity index (χ2v) is 4.59. The molecule has 0 bridgehead atoms. The van der Waals surface area contributed by atoms with Gasteiger partial charge in [0.1, 0.15) is 0 Å². The Morgan fingerprint density at radius 3 is 2.82 bits per heavy atom. The molecule has 1 aromatic rings. The van der Waals surface area contributed by atoms with Crippen LogP contribution in [0, 0.1) is 0 Å². The minimum absolute atomic E-state index is 0.448. The number of nitrogens with zero attached hydrogens (tertiary/aromatic N) is 2. The van der Waals surface area contributed by atoms with Crippen LogP contribution in [-0.2, 0) is 6.42 Å². The van der Waals surface area contributed by atoms with Gasteiger partial charge in [0.05, 0.1) is 12.6 Å². The summed E-state index contributed by atoms with van der Waals surface area (Å²) in [5, 5.41) is 0. The molecule has 3 heteroatoms. The minimum Gasteiger partial charge on any atom is -0.370 e. The van der Waals surface area contributed by atoms with Crippen LogP contribution in [0.2, 0.25) is 0 Å². The van der Waals surface area contributed by atoms with Crippen molar-refractivity contribution in [2.75, 3.05) is 13.1 Å². The molecule has 3 nitrogen and oxygen atoms in total. The van der Waals surface area contributed by atoms with Crippen LogP contribution >= 0.6 is 0 Å². The fourth-order valence-electron chi connectivity index (χ4n) is 2.26. The molecule has 0 radical (unpaired) electrons. The summed E-state index contributed by atoms with van der Waals surface area (Å²) in [6, 6.07) is 11.0. The van der Waals surface area contributed by atoms with Crippen LogP contribution in [0.15, 0.2) is 35.3 Å². The molecular formula is C14H21N3. The molecule has 92 valence electrons. The van der Waals surface area contributed by atoms with Crippen molar-refractivity contribution in [2.24, 2.45) is 10.7 Å². The molecule has 0 fully saturated rings. The number of guanidine groups is 1. The average Bonchev–Trinajstić information content (AvgIpc) is 2.69. The number of aliphatic imine (C=N–C) groups is 1. The van der Waals surface area contributed by atoms with E-state index in [1.165, 1.54) is 18.4 Å². The fraction of sp³-hybridized carbons (Fsp3) is 0.500. The lowest BCUT2D eigenvalue weighted by atomic mass is 10.1. The zero-order chi connectivity index (χ0) is 12.1. The second-order valence-electron chi connectivity index (χ2n) is 4.59. The summed E-state index contributed by atoms with van der Waals surface area (Å²) in [6.07, 6.45) is 3.41. The SMILES string of the molecule is CCCCN1C(N)=NC[C@@H]1Cc1ccccc1. The third-order valence-corrected chi connectivity index (χ3v) is 3.27. The van der Waals surface area contributed by atoms with Gasteiger partial charge in [0.15, 0.2) is 5.96 Å². The smallest absolute Gasteiger partial charge is 0.191 e. The predicted octanol–water partition coefficient (Wildman–Crippen LogP) is 2.03. The number of rotatable bonds is 5. The topological polar surface area (TPSA) is 41.6 Å². The summed E-state index contributed by atoms with van der Waals surface area (Å²) < 4.78 is 0. The molecule has 1 atom stereocenters. The van der Waals surface area contributed by atoms with Gasteiger partial charge >= 0.3 is 0 Å². The summed E-state index contributed by atoms with van der Waals surface area (Å²) in [5.74, 6) is 0.722. The monoisotopic (exact) mass is 231 g/mol. The molecule has 0 saturated carbocycles. The van der Waals surface area contributed by atoms with E-state index in [0.29, 0.717) is 6.04 Å². The molecule has 0 aliphatic carbocycles. The van der Waals surface area contributed by atoms with Crippen molar-refractivity contribution in [1.29, 1.82) is 0 Å². The molecule has 0 unspecified atom stereocenters. The third-order valence-electron chi connectivity index (χ3n) is 3.27. The molecule has 1 aromatic carbocycles. The lowest BCUT2D eigenvalue weighted by Gasteiger charge is -2.26. The summed E-state index contributed by atoms with van der Waals surface area (Å²) >= 11 is 0. The number of nitrogens with two attached hydrogens (primary N) is 1. The van der Waals surface area contributed by atoms with Gasteiger partial charge in [-0.1, -0.05) is 43.7 Å². The largest absolute Gasteiger partial charge is 0.370 e. The van der Waals surface area contributed by atoms with E-state index in [1.54, 1.807) is 0 Å². The zero-order valence-corrected chi connectivity index (χ0v) is 10.5. The number of unbranched alkanes of at least 4 members (excludes halogenated alkanes) is 1. The molecule has 17 heavy (non-hydrogen) atoms. The standard InChI is InChI=1S/C14H21N3/c1-2-3-9-17-13(11-16-14(17)15)10-12-7-5-4-6-8-12/h4-8,13H,2-3,9-11H2,1H3,(H2,15,16)/t13-/m0/s1. The highest BCUT2D eigenvalue weighted by Crippen LogP contribution is 2.15. The molecule has 0 aromatic heterocycles. The van der Waals surface area contributed by atoms with E-state index >= 15 is 0 Å². The molecular weight excluding hydrogens is 210 g/mol. The van der Waals surface area contributed by atoms with Crippen molar-refractivity contribution >= 4 is 5.96 Å². The van der Waals surface area contributed by atoms with Gasteiger partial charge in [0, 0.05) is 6.54 Å². The maximum absolute atomic E-state index is 5.94. The van der Waals surface area contributed by atoms with E-state index in [4.69, 9.17) is 5.73 Å². The number of hydrogen-bond acceptors (Lipinski definition) is 3. The lowest BCUT2D eigenvalue weighted by Crippen LogP contribution is -2.42. The van der Waals surface area contributed by atoms with Crippen molar-refractivity contribution < 1.29 is 0 Å². The first-order valence-electron chi connectivity index (χ1n) is 6.41. The summed E-state index contributed by atoms with van der Waals surface area (Å²) in [6.45, 7) is 4.07. The van der Waals surface area contributed by atoms with Gasteiger partial charge in [-0.2, -0.15) is 0 Å². The van der Waals surface area contributed by atoms with E-state index in [9.17, 15) is 0 Å². The molecule has 0 spiro atoms. The molecule has 1 heterocycles. The maximum Gasteiger partial charge on any atom is 0.191 e. The Morgan fingerprint density at radius 2 is 2.12 bits per heavy atom. The Bertz CT molecular complexity index is 372. The average molecular weight is 231 g/mol. The first-order chi connectivity index (χ1) is 8.31. The van der Waals surface area contributed by atoms with Gasteiger partial charge in [-0.05, 0) is 18.4 Å². The molecule has 1 aliphatic rings. The quantitative estimate of drug-likeness (QED) is 0.842. The Balaban J connectivity index is 1.96. The van der Waals surface area contributed by atoms with E-state index in [2.05, 4.69) is 47.1 Å². The Morgan fingerprint density at radius 1 is 1.35 bits per heavy atom. The highest BCUT2D eigenvalue weighted by Gasteiger charge is 2.25. The summed E-state index contributed by atoms with van der Waals surface area (Å²) in [5.41, 5.74) is 7.30. The van der Waals surface area contributed by atoms with Gasteiger partial charge < -0.3 is 10.6 Å². The molecule has 0 saturated heterocycles. The number of benzene rings is 1. The van der Waals surface area contributed by atoms with Gasteiger partial charge in [-0.3, -0.25) is 4.99 Å². The van der Waals surface area contributed by atoms with Crippen LogP contribution < -0.4 is 5.73 Å². The molecule has 2 rings (SSSR count). The van der Waals surface area contributed by atoms with Gasteiger partial charge in [0.2, 0.25) is 0 Å². The second kappa shape index (κ2) is 5.71. The normalized spacial score (nSPS) is 19.5. The van der Waals surface area contributed by atoms with E-state index in [-0.39, 0.29) is 0 Å². The number of hydrogen-bond donors (Lipinski definition) is 1. The third kappa shape index (κ3) is 2.99. The van der Waals surface area contributed by atoms with Gasteiger partial charge in [-0.25, -0.2) is 0 Å². The van der Waals surface area contributed by atoms with Crippen LogP contribution in [0.1, 0.15) is 25.3 Å². The minimum atomic E-state index is 0.448. The van der Waals surface area contributed by atoms with Crippen molar-refractivity contribution in [1.82, 2.24) is 4.90 Å². The van der Waals surface area contributed by atoms with Gasteiger partial charge in [0.25, 0.3) is 0 Å². The van der Waals surface area contributed by atoms with E-state index < -0.39 is 0 Å². The van der Waals surface area contributed by atoms with Crippen LogP contribution in [0.25, 0.3) is 0 Å². The fourth-order valence-corrected chi connectivity index (χ4v) is 2.26. The Hall–Kier alpha value is -1.51. The van der Waals surface area contributed by atoms with Crippen molar-refractivity contribution in [2.45, 2.75) is 32.2 Å². The highest BCUT2D eigenvalue weighted by molar-refractivity contribution is 5.80. The van der Waals surface area contributed by atoms with Gasteiger partial charge in [-0.15, -0.1) is 0 Å².